The van der Waals surface area contributed by atoms with Crippen LogP contribution in [0.2, 0.25) is 0 Å². The standard InChI is InChI=1S/C22H16Br2S2/c23-13-5-11-12(6-14(13)24)18(22-20-16-8-26(16,20)22)10-4-2-1-3-9(10)17(11)21-19-15-7-25(15,19)21/h1-6,15-16,19-22H,7-8H2. The molecule has 6 fully saturated rings. The third-order valence-electron chi connectivity index (χ3n) is 8.50. The van der Waals surface area contributed by atoms with Gasteiger partial charge in [0.05, 0.1) is 0 Å². The molecule has 0 N–H and O–H groups in total. The average Bonchev–Trinajstić information content (AvgIpc) is 3.42. The highest BCUT2D eigenvalue weighted by molar-refractivity contribution is 9.13. The van der Waals surface area contributed by atoms with Gasteiger partial charge in [0.2, 0.25) is 0 Å². The Kier molecular flexibility index (Phi) is 1.98. The lowest BCUT2D eigenvalue weighted by Crippen LogP contribution is -2.02. The molecule has 3 aromatic rings. The van der Waals surface area contributed by atoms with E-state index in [9.17, 15) is 0 Å². The molecule has 0 bridgehead atoms. The molecule has 8 atom stereocenters. The summed E-state index contributed by atoms with van der Waals surface area (Å²) in [6, 6.07) is 14.3. The van der Waals surface area contributed by atoms with Crippen molar-refractivity contribution < 1.29 is 0 Å². The molecular weight excluding hydrogens is 488 g/mol. The summed E-state index contributed by atoms with van der Waals surface area (Å²) < 4.78 is 2.44. The van der Waals surface area contributed by atoms with E-state index < -0.39 is 0 Å². The number of benzene rings is 3. The molecule has 6 saturated heterocycles. The minimum atomic E-state index is -0.128. The molecule has 4 heteroatoms. The topological polar surface area (TPSA) is 0 Å². The van der Waals surface area contributed by atoms with Crippen LogP contribution in [-0.4, -0.2) is 32.5 Å². The Bertz CT molecular complexity index is 1190. The third kappa shape index (κ3) is 1.22. The third-order valence-corrected chi connectivity index (χ3v) is 19.5. The Hall–Kier alpha value is -0.160. The van der Waals surface area contributed by atoms with Crippen molar-refractivity contribution in [1.29, 1.82) is 0 Å². The van der Waals surface area contributed by atoms with Crippen LogP contribution in [0.3, 0.4) is 0 Å². The molecule has 0 saturated carbocycles. The van der Waals surface area contributed by atoms with Gasteiger partial charge in [-0.3, -0.25) is 0 Å². The first-order valence-corrected chi connectivity index (χ1v) is 15.1. The van der Waals surface area contributed by atoms with Gasteiger partial charge in [0.25, 0.3) is 0 Å². The zero-order valence-electron chi connectivity index (χ0n) is 13.9. The second kappa shape index (κ2) is 3.69. The first-order chi connectivity index (χ1) is 12.7. The molecule has 9 rings (SSSR count). The number of hydrogen-bond acceptors (Lipinski definition) is 0. The molecule has 2 spiro atoms. The lowest BCUT2D eigenvalue weighted by atomic mass is 9.87. The zero-order valence-corrected chi connectivity index (χ0v) is 18.7. The fourth-order valence-electron chi connectivity index (χ4n) is 6.74. The van der Waals surface area contributed by atoms with Crippen molar-refractivity contribution in [3.63, 3.8) is 0 Å². The van der Waals surface area contributed by atoms with E-state index in [2.05, 4.69) is 68.3 Å². The number of halogens is 2. The summed E-state index contributed by atoms with van der Waals surface area (Å²) in [5.74, 6) is 3.19. The predicted octanol–water partition coefficient (Wildman–Crippen LogP) is 6.77. The number of fused-ring (bicyclic) bond motifs is 4. The maximum atomic E-state index is 3.82. The van der Waals surface area contributed by atoms with Crippen molar-refractivity contribution in [2.24, 2.45) is 0 Å². The molecule has 8 unspecified atom stereocenters. The SMILES string of the molecule is Brc1cc2c(C3C4C5CS534)c3ccccc3c(C3C4C5CS534)c2cc1Br. The second-order valence-corrected chi connectivity index (χ2v) is 18.5. The van der Waals surface area contributed by atoms with Crippen LogP contribution in [-0.2, 0) is 0 Å². The van der Waals surface area contributed by atoms with E-state index in [1.54, 1.807) is 44.2 Å². The molecule has 0 amide bonds. The molecule has 0 radical (unpaired) electrons. The zero-order chi connectivity index (χ0) is 16.7. The maximum absolute atomic E-state index is 3.82. The van der Waals surface area contributed by atoms with Crippen LogP contribution in [0.25, 0.3) is 21.5 Å². The first kappa shape index (κ1) is 13.9. The molecule has 6 aliphatic rings. The lowest BCUT2D eigenvalue weighted by Gasteiger charge is -2.20. The van der Waals surface area contributed by atoms with Gasteiger partial charge in [0, 0.05) is 40.4 Å². The van der Waals surface area contributed by atoms with Crippen LogP contribution in [0.15, 0.2) is 45.3 Å². The Balaban J connectivity index is 1.45. The Morgan fingerprint density at radius 3 is 1.46 bits per heavy atom. The fraction of sp³-hybridized carbons (Fsp3) is 0.364. The van der Waals surface area contributed by atoms with Crippen molar-refractivity contribution in [3.05, 3.63) is 56.5 Å². The van der Waals surface area contributed by atoms with Crippen molar-refractivity contribution in [2.75, 3.05) is 11.5 Å². The molecule has 0 aromatic heterocycles. The van der Waals surface area contributed by atoms with Gasteiger partial charge < -0.3 is 0 Å². The molecule has 0 nitrogen and oxygen atoms in total. The Morgan fingerprint density at radius 2 is 1.12 bits per heavy atom. The maximum Gasteiger partial charge on any atom is 0.0323 e. The van der Waals surface area contributed by atoms with E-state index in [1.165, 1.54) is 19.4 Å². The largest absolute Gasteiger partial charge is 0.222 e. The van der Waals surface area contributed by atoms with Gasteiger partial charge in [0.15, 0.2) is 0 Å². The van der Waals surface area contributed by atoms with E-state index in [1.807, 2.05) is 0 Å². The number of rotatable bonds is 2. The highest BCUT2D eigenvalue weighted by Gasteiger charge is 2.95. The van der Waals surface area contributed by atoms with E-state index >= 15 is 0 Å². The van der Waals surface area contributed by atoms with Crippen molar-refractivity contribution in [3.8, 4) is 0 Å². The van der Waals surface area contributed by atoms with Crippen LogP contribution >= 0.6 is 51.9 Å². The molecule has 3 aromatic carbocycles. The van der Waals surface area contributed by atoms with Crippen LogP contribution in [0.5, 0.6) is 0 Å². The number of hydrogen-bond donors (Lipinski definition) is 0. The van der Waals surface area contributed by atoms with Gasteiger partial charge in [-0.25, -0.2) is 20.1 Å². The predicted molar refractivity (Wildman–Crippen MR) is 122 cm³/mol. The van der Waals surface area contributed by atoms with Crippen LogP contribution in [0, 0.1) is 0 Å². The van der Waals surface area contributed by atoms with Crippen molar-refractivity contribution in [2.45, 2.75) is 31.5 Å². The van der Waals surface area contributed by atoms with E-state index in [0.717, 1.165) is 21.0 Å². The summed E-state index contributed by atoms with van der Waals surface area (Å²) in [6.45, 7) is 0. The van der Waals surface area contributed by atoms with Crippen LogP contribution in [0.1, 0.15) is 21.6 Å². The fourth-order valence-corrected chi connectivity index (χ4v) is 17.7. The van der Waals surface area contributed by atoms with Gasteiger partial charge in [-0.2, -0.15) is 0 Å². The lowest BCUT2D eigenvalue weighted by molar-refractivity contribution is 0.971. The second-order valence-electron chi connectivity index (χ2n) is 9.18. The minimum Gasteiger partial charge on any atom is -0.222 e. The molecular formula is C22H16Br2S2. The summed E-state index contributed by atoms with van der Waals surface area (Å²) in [4.78, 5) is 0. The average molecular weight is 504 g/mol. The highest BCUT2D eigenvalue weighted by atomic mass is 79.9. The van der Waals surface area contributed by atoms with Crippen molar-refractivity contribution in [1.82, 2.24) is 0 Å². The van der Waals surface area contributed by atoms with Crippen molar-refractivity contribution >= 4 is 73.5 Å². The molecule has 130 valence electrons. The quantitative estimate of drug-likeness (QED) is 0.267. The summed E-state index contributed by atoms with van der Waals surface area (Å²) in [6.07, 6.45) is 0. The van der Waals surface area contributed by atoms with Crippen LogP contribution in [0.4, 0.5) is 0 Å². The first-order valence-electron chi connectivity index (χ1n) is 9.58. The summed E-state index contributed by atoms with van der Waals surface area (Å²) in [7, 11) is -0.256. The molecule has 6 heterocycles. The molecule has 6 aliphatic heterocycles. The van der Waals surface area contributed by atoms with Gasteiger partial charge >= 0.3 is 0 Å². The summed E-state index contributed by atoms with van der Waals surface area (Å²) in [5.41, 5.74) is 3.46. The van der Waals surface area contributed by atoms with E-state index in [0.29, 0.717) is 0 Å². The monoisotopic (exact) mass is 502 g/mol. The minimum absolute atomic E-state index is 0.128. The molecule has 26 heavy (non-hydrogen) atoms. The van der Waals surface area contributed by atoms with Crippen LogP contribution < -0.4 is 0 Å². The van der Waals surface area contributed by atoms with Gasteiger partial charge in [0.1, 0.15) is 0 Å². The van der Waals surface area contributed by atoms with Gasteiger partial charge in [-0.15, -0.1) is 0 Å². The van der Waals surface area contributed by atoms with Gasteiger partial charge in [-0.1, -0.05) is 24.3 Å². The Labute approximate surface area is 172 Å². The van der Waals surface area contributed by atoms with E-state index in [-0.39, 0.29) is 20.1 Å². The Morgan fingerprint density at radius 1 is 0.692 bits per heavy atom. The molecule has 0 aliphatic carbocycles. The van der Waals surface area contributed by atoms with Gasteiger partial charge in [-0.05, 0) is 88.2 Å². The smallest absolute Gasteiger partial charge is 0.0323 e. The summed E-state index contributed by atoms with van der Waals surface area (Å²) in [5, 5.41) is 12.9. The normalized spacial score (nSPS) is 54.1. The highest BCUT2D eigenvalue weighted by Crippen LogP contribution is 3.15. The van der Waals surface area contributed by atoms with E-state index in [4.69, 9.17) is 0 Å². The summed E-state index contributed by atoms with van der Waals surface area (Å²) >= 11 is 7.63.